The topological polar surface area (TPSA) is 64.3 Å². The second-order valence-corrected chi connectivity index (χ2v) is 5.56. The molecule has 118 valence electrons. The maximum atomic E-state index is 13.8. The molecule has 0 bridgehead atoms. The van der Waals surface area contributed by atoms with E-state index in [4.69, 9.17) is 22.1 Å². The van der Waals surface area contributed by atoms with Crippen LogP contribution in [0.5, 0.6) is 5.88 Å². The Morgan fingerprint density at radius 3 is 2.73 bits per heavy atom. The molecule has 0 radical (unpaired) electrons. The molecule has 0 fully saturated rings. The average molecular weight is 325 g/mol. The first-order chi connectivity index (χ1) is 10.5. The van der Waals surface area contributed by atoms with Gasteiger partial charge in [-0.05, 0) is 44.8 Å². The number of aromatic nitrogens is 2. The number of ether oxygens (including phenoxy) is 1. The molecule has 0 atom stereocenters. The third kappa shape index (κ3) is 4.29. The van der Waals surface area contributed by atoms with Crippen LogP contribution in [0.1, 0.15) is 6.42 Å². The van der Waals surface area contributed by atoms with Gasteiger partial charge in [0.2, 0.25) is 0 Å². The molecule has 0 unspecified atom stereocenters. The first-order valence-electron chi connectivity index (χ1n) is 6.83. The molecule has 2 rings (SSSR count). The monoisotopic (exact) mass is 324 g/mol. The van der Waals surface area contributed by atoms with Crippen molar-refractivity contribution in [2.75, 3.05) is 33.0 Å². The van der Waals surface area contributed by atoms with Crippen molar-refractivity contribution in [2.24, 2.45) is 0 Å². The van der Waals surface area contributed by atoms with E-state index >= 15 is 0 Å². The summed E-state index contributed by atoms with van der Waals surface area (Å²) in [6, 6.07) is 5.77. The summed E-state index contributed by atoms with van der Waals surface area (Å²) < 4.78 is 19.3. The highest BCUT2D eigenvalue weighted by atomic mass is 35.5. The highest BCUT2D eigenvalue weighted by Gasteiger charge is 2.11. The van der Waals surface area contributed by atoms with Crippen LogP contribution in [-0.2, 0) is 0 Å². The van der Waals surface area contributed by atoms with Gasteiger partial charge in [-0.15, -0.1) is 10.2 Å². The van der Waals surface area contributed by atoms with E-state index in [1.54, 1.807) is 0 Å². The van der Waals surface area contributed by atoms with Gasteiger partial charge in [-0.25, -0.2) is 4.39 Å². The predicted molar refractivity (Wildman–Crippen MR) is 85.5 cm³/mol. The Morgan fingerprint density at radius 1 is 1.27 bits per heavy atom. The van der Waals surface area contributed by atoms with Crippen molar-refractivity contribution in [2.45, 2.75) is 6.42 Å². The SMILES string of the molecule is CN(C)CCCOc1nnc(-c2cc(Cl)ccc2F)cc1N. The smallest absolute Gasteiger partial charge is 0.256 e. The summed E-state index contributed by atoms with van der Waals surface area (Å²) in [5.74, 6) is -0.178. The molecule has 1 heterocycles. The van der Waals surface area contributed by atoms with Crippen molar-refractivity contribution in [1.29, 1.82) is 0 Å². The maximum absolute atomic E-state index is 13.8. The fourth-order valence-electron chi connectivity index (χ4n) is 1.88. The number of nitrogens with two attached hydrogens (primary N) is 1. The van der Waals surface area contributed by atoms with Crippen LogP contribution in [0.3, 0.4) is 0 Å². The van der Waals surface area contributed by atoms with Gasteiger partial charge in [0.05, 0.1) is 18.0 Å². The summed E-state index contributed by atoms with van der Waals surface area (Å²) in [7, 11) is 3.98. The summed E-state index contributed by atoms with van der Waals surface area (Å²) in [6.07, 6.45) is 0.846. The summed E-state index contributed by atoms with van der Waals surface area (Å²) in [5.41, 5.74) is 6.78. The van der Waals surface area contributed by atoms with Crippen LogP contribution in [0.15, 0.2) is 24.3 Å². The summed E-state index contributed by atoms with van der Waals surface area (Å²) >= 11 is 5.87. The maximum Gasteiger partial charge on any atom is 0.256 e. The van der Waals surface area contributed by atoms with E-state index in [1.165, 1.54) is 24.3 Å². The molecule has 2 aromatic rings. The number of rotatable bonds is 6. The minimum Gasteiger partial charge on any atom is -0.475 e. The summed E-state index contributed by atoms with van der Waals surface area (Å²) in [5, 5.41) is 8.30. The number of nitrogens with zero attached hydrogens (tertiary/aromatic N) is 3. The van der Waals surface area contributed by atoms with Crippen LogP contribution < -0.4 is 10.5 Å². The third-order valence-electron chi connectivity index (χ3n) is 2.98. The lowest BCUT2D eigenvalue weighted by Gasteiger charge is -2.11. The predicted octanol–water partition coefficient (Wildman–Crippen LogP) is 2.85. The molecule has 0 aliphatic rings. The Morgan fingerprint density at radius 2 is 2.05 bits per heavy atom. The normalized spacial score (nSPS) is 11.0. The quantitative estimate of drug-likeness (QED) is 0.828. The Labute approximate surface area is 133 Å². The number of halogens is 2. The second-order valence-electron chi connectivity index (χ2n) is 5.12. The lowest BCUT2D eigenvalue weighted by atomic mass is 10.1. The van der Waals surface area contributed by atoms with E-state index in [0.717, 1.165) is 13.0 Å². The van der Waals surface area contributed by atoms with Gasteiger partial charge in [0.25, 0.3) is 5.88 Å². The van der Waals surface area contributed by atoms with Gasteiger partial charge < -0.3 is 15.4 Å². The van der Waals surface area contributed by atoms with Gasteiger partial charge >= 0.3 is 0 Å². The fourth-order valence-corrected chi connectivity index (χ4v) is 2.05. The lowest BCUT2D eigenvalue weighted by molar-refractivity contribution is 0.272. The van der Waals surface area contributed by atoms with Gasteiger partial charge in [-0.2, -0.15) is 0 Å². The van der Waals surface area contributed by atoms with Crippen LogP contribution in [0.4, 0.5) is 10.1 Å². The Balaban J connectivity index is 2.11. The molecule has 0 aliphatic carbocycles. The van der Waals surface area contributed by atoms with Crippen molar-refractivity contribution in [1.82, 2.24) is 15.1 Å². The zero-order chi connectivity index (χ0) is 16.1. The molecule has 0 aliphatic heterocycles. The average Bonchev–Trinajstić information content (AvgIpc) is 2.47. The van der Waals surface area contributed by atoms with Crippen LogP contribution in [0.2, 0.25) is 5.02 Å². The fraction of sp³-hybridized carbons (Fsp3) is 0.333. The number of hydrogen-bond donors (Lipinski definition) is 1. The lowest BCUT2D eigenvalue weighted by Crippen LogP contribution is -2.16. The van der Waals surface area contributed by atoms with Crippen LogP contribution >= 0.6 is 11.6 Å². The zero-order valence-electron chi connectivity index (χ0n) is 12.5. The molecular formula is C15H18ClFN4O. The first-order valence-corrected chi connectivity index (χ1v) is 7.21. The van der Waals surface area contributed by atoms with E-state index in [1.807, 2.05) is 14.1 Å². The molecule has 0 saturated carbocycles. The molecular weight excluding hydrogens is 307 g/mol. The molecule has 22 heavy (non-hydrogen) atoms. The van der Waals surface area contributed by atoms with Gasteiger partial charge in [-0.3, -0.25) is 0 Å². The molecule has 1 aromatic carbocycles. The molecule has 5 nitrogen and oxygen atoms in total. The first kappa shape index (κ1) is 16.5. The molecule has 7 heteroatoms. The minimum absolute atomic E-state index is 0.255. The van der Waals surface area contributed by atoms with E-state index in [9.17, 15) is 4.39 Å². The van der Waals surface area contributed by atoms with Gasteiger partial charge in [0.15, 0.2) is 0 Å². The standard InChI is InChI=1S/C15H18ClFN4O/c1-21(2)6-3-7-22-15-13(18)9-14(19-20-15)11-8-10(16)4-5-12(11)17/h4-5,8-9H,3,6-7H2,1-2H3,(H2,18,19). The van der Waals surface area contributed by atoms with E-state index in [2.05, 4.69) is 15.1 Å². The molecule has 2 N–H and O–H groups in total. The number of benzene rings is 1. The van der Waals surface area contributed by atoms with Crippen molar-refractivity contribution < 1.29 is 9.13 Å². The van der Waals surface area contributed by atoms with Crippen molar-refractivity contribution in [3.63, 3.8) is 0 Å². The molecule has 1 aromatic heterocycles. The molecule has 0 spiro atoms. The minimum atomic E-state index is -0.433. The Bertz CT molecular complexity index is 651. The molecule has 0 amide bonds. The highest BCUT2D eigenvalue weighted by molar-refractivity contribution is 6.30. The van der Waals surface area contributed by atoms with Crippen LogP contribution in [0, 0.1) is 5.82 Å². The largest absolute Gasteiger partial charge is 0.475 e. The summed E-state index contributed by atoms with van der Waals surface area (Å²) in [6.45, 7) is 1.39. The van der Waals surface area contributed by atoms with Crippen molar-refractivity contribution in [3.8, 4) is 17.1 Å². The van der Waals surface area contributed by atoms with E-state index in [0.29, 0.717) is 23.0 Å². The van der Waals surface area contributed by atoms with Gasteiger partial charge in [-0.1, -0.05) is 11.6 Å². The van der Waals surface area contributed by atoms with E-state index in [-0.39, 0.29) is 11.4 Å². The molecule has 0 saturated heterocycles. The second kappa shape index (κ2) is 7.38. The third-order valence-corrected chi connectivity index (χ3v) is 3.22. The van der Waals surface area contributed by atoms with Crippen molar-refractivity contribution in [3.05, 3.63) is 35.1 Å². The number of anilines is 1. The number of nitrogen functional groups attached to an aromatic ring is 1. The Kier molecular flexibility index (Phi) is 5.51. The number of hydrogen-bond acceptors (Lipinski definition) is 5. The van der Waals surface area contributed by atoms with E-state index < -0.39 is 5.82 Å². The van der Waals surface area contributed by atoms with Gasteiger partial charge in [0, 0.05) is 17.1 Å². The summed E-state index contributed by atoms with van der Waals surface area (Å²) in [4.78, 5) is 2.06. The zero-order valence-corrected chi connectivity index (χ0v) is 13.3. The van der Waals surface area contributed by atoms with Crippen LogP contribution in [0.25, 0.3) is 11.3 Å². The Hall–Kier alpha value is -1.92. The highest BCUT2D eigenvalue weighted by Crippen LogP contribution is 2.27. The van der Waals surface area contributed by atoms with Gasteiger partial charge in [0.1, 0.15) is 5.82 Å². The van der Waals surface area contributed by atoms with Crippen LogP contribution in [-0.4, -0.2) is 42.3 Å². The van der Waals surface area contributed by atoms with Crippen molar-refractivity contribution >= 4 is 17.3 Å².